The predicted molar refractivity (Wildman–Crippen MR) is 268 cm³/mol. The van der Waals surface area contributed by atoms with Gasteiger partial charge in [-0.1, -0.05) is 170 Å². The summed E-state index contributed by atoms with van der Waals surface area (Å²) in [6.45, 7) is 0. The Morgan fingerprint density at radius 3 is 1.44 bits per heavy atom. The quantitative estimate of drug-likeness (QED) is 0.160. The number of thiophene rings is 1. The summed E-state index contributed by atoms with van der Waals surface area (Å²) in [6.07, 6.45) is 0. The first-order chi connectivity index (χ1) is 31.3. The molecule has 0 amide bonds. The summed E-state index contributed by atoms with van der Waals surface area (Å²) in [5.74, 6) is 0. The van der Waals surface area contributed by atoms with Crippen LogP contribution in [0.4, 0.5) is 17.1 Å². The van der Waals surface area contributed by atoms with E-state index in [1.807, 2.05) is 11.3 Å². The van der Waals surface area contributed by atoms with Crippen LogP contribution in [0.5, 0.6) is 0 Å². The van der Waals surface area contributed by atoms with Crippen LogP contribution in [-0.2, 0) is 5.41 Å². The summed E-state index contributed by atoms with van der Waals surface area (Å²) in [6, 6.07) is 84.3. The zero-order chi connectivity index (χ0) is 41.2. The Labute approximate surface area is 369 Å². The first kappa shape index (κ1) is 34.9. The molecule has 11 aromatic carbocycles. The van der Waals surface area contributed by atoms with Crippen molar-refractivity contribution < 1.29 is 0 Å². The van der Waals surface area contributed by atoms with E-state index in [-0.39, 0.29) is 0 Å². The van der Waals surface area contributed by atoms with Gasteiger partial charge in [0.05, 0.1) is 11.1 Å². The molecule has 1 aromatic heterocycles. The van der Waals surface area contributed by atoms with Crippen molar-refractivity contribution in [2.75, 3.05) is 4.90 Å². The number of para-hydroxylation sites is 1. The highest BCUT2D eigenvalue weighted by molar-refractivity contribution is 7.25. The Kier molecular flexibility index (Phi) is 7.26. The maximum absolute atomic E-state index is 2.56. The zero-order valence-corrected chi connectivity index (χ0v) is 35.0. The molecular weight excluding hydrogens is 779 g/mol. The summed E-state index contributed by atoms with van der Waals surface area (Å²) < 4.78 is 2.62. The van der Waals surface area contributed by atoms with E-state index >= 15 is 0 Å². The molecule has 0 saturated heterocycles. The second-order valence-corrected chi connectivity index (χ2v) is 18.2. The van der Waals surface area contributed by atoms with Crippen LogP contribution in [0.15, 0.2) is 224 Å². The normalized spacial score (nSPS) is 13.2. The van der Waals surface area contributed by atoms with Crippen LogP contribution in [0.25, 0.3) is 85.9 Å². The zero-order valence-electron chi connectivity index (χ0n) is 34.2. The maximum atomic E-state index is 2.56. The lowest BCUT2D eigenvalue weighted by Crippen LogP contribution is -2.26. The van der Waals surface area contributed by atoms with Gasteiger partial charge in [-0.25, -0.2) is 0 Å². The van der Waals surface area contributed by atoms with Crippen molar-refractivity contribution >= 4 is 80.9 Å². The minimum Gasteiger partial charge on any atom is -0.310 e. The molecule has 0 unspecified atom stereocenters. The van der Waals surface area contributed by atoms with Gasteiger partial charge in [-0.2, -0.15) is 0 Å². The summed E-state index contributed by atoms with van der Waals surface area (Å²) in [7, 11) is 0. The third-order valence-corrected chi connectivity index (χ3v) is 15.2. The Hall–Kier alpha value is -7.78. The molecule has 0 aliphatic heterocycles. The molecule has 2 aliphatic carbocycles. The monoisotopic (exact) mass is 815 g/mol. The van der Waals surface area contributed by atoms with E-state index < -0.39 is 5.41 Å². The molecule has 2 aliphatic rings. The van der Waals surface area contributed by atoms with Crippen LogP contribution >= 0.6 is 11.3 Å². The van der Waals surface area contributed by atoms with Gasteiger partial charge in [-0.3, -0.25) is 0 Å². The number of benzene rings is 11. The number of rotatable bonds is 4. The average molecular weight is 816 g/mol. The minimum atomic E-state index is -0.485. The standard InChI is InChI=1S/C61H37NS/c1-2-16-39(17-3-1)62(40-31-32-45-43-20-5-4-18-41(43)42-19-6-7-21-44(42)51(45)35-40)58-37-57-52(36-50(58)38-30-33-60-53(34-38)49-25-11-15-29-59(49)63-60)48-24-10-14-28-56(48)61(57)54-26-12-8-22-46(54)47-23-9-13-27-55(47)61/h1-37H. The molecule has 1 nitrogen and oxygen atoms in total. The molecule has 0 saturated carbocycles. The van der Waals surface area contributed by atoms with E-state index in [0.717, 1.165) is 17.1 Å². The molecular formula is C61H37NS. The van der Waals surface area contributed by atoms with Gasteiger partial charge in [0.25, 0.3) is 0 Å². The van der Waals surface area contributed by atoms with Crippen molar-refractivity contribution in [2.45, 2.75) is 5.41 Å². The molecule has 12 aromatic rings. The number of hydrogen-bond acceptors (Lipinski definition) is 2. The number of nitrogens with zero attached hydrogens (tertiary/aromatic N) is 1. The SMILES string of the molecule is c1ccc(N(c2ccc3c4ccccc4c4ccccc4c3c2)c2cc3c(cc2-c2ccc4sc5ccccc5c4c2)-c2ccccc2C32c3ccccc3-c3ccccc32)cc1. The first-order valence-electron chi connectivity index (χ1n) is 21.8. The van der Waals surface area contributed by atoms with E-state index in [4.69, 9.17) is 0 Å². The molecule has 0 fully saturated rings. The molecule has 14 rings (SSSR count). The van der Waals surface area contributed by atoms with Crippen molar-refractivity contribution in [1.82, 2.24) is 0 Å². The Balaban J connectivity index is 1.12. The van der Waals surface area contributed by atoms with Gasteiger partial charge >= 0.3 is 0 Å². The third kappa shape index (κ3) is 4.76. The van der Waals surface area contributed by atoms with Crippen molar-refractivity contribution in [1.29, 1.82) is 0 Å². The highest BCUT2D eigenvalue weighted by Crippen LogP contribution is 2.64. The smallest absolute Gasteiger partial charge is 0.0726 e. The van der Waals surface area contributed by atoms with E-state index in [2.05, 4.69) is 229 Å². The fourth-order valence-corrected chi connectivity index (χ4v) is 12.6. The molecule has 292 valence electrons. The van der Waals surface area contributed by atoms with Gasteiger partial charge in [0.1, 0.15) is 0 Å². The van der Waals surface area contributed by atoms with E-state index in [0.29, 0.717) is 0 Å². The maximum Gasteiger partial charge on any atom is 0.0726 e. The van der Waals surface area contributed by atoms with Crippen molar-refractivity contribution in [2.24, 2.45) is 0 Å². The molecule has 0 bridgehead atoms. The number of hydrogen-bond donors (Lipinski definition) is 0. The largest absolute Gasteiger partial charge is 0.310 e. The molecule has 1 spiro atoms. The van der Waals surface area contributed by atoms with Crippen molar-refractivity contribution in [3.8, 4) is 33.4 Å². The number of anilines is 3. The van der Waals surface area contributed by atoms with Gasteiger partial charge in [-0.15, -0.1) is 11.3 Å². The summed E-state index contributed by atoms with van der Waals surface area (Å²) in [4.78, 5) is 2.53. The van der Waals surface area contributed by atoms with Crippen molar-refractivity contribution in [3.05, 3.63) is 247 Å². The van der Waals surface area contributed by atoms with Crippen LogP contribution in [-0.4, -0.2) is 0 Å². The topological polar surface area (TPSA) is 3.24 Å². The van der Waals surface area contributed by atoms with E-state index in [1.54, 1.807) is 0 Å². The Morgan fingerprint density at radius 2 is 0.794 bits per heavy atom. The molecule has 2 heteroatoms. The third-order valence-electron chi connectivity index (χ3n) is 14.0. The van der Waals surface area contributed by atoms with Crippen LogP contribution < -0.4 is 4.90 Å². The van der Waals surface area contributed by atoms with Crippen LogP contribution in [0, 0.1) is 0 Å². The van der Waals surface area contributed by atoms with E-state index in [1.165, 1.54) is 108 Å². The lowest BCUT2D eigenvalue weighted by Gasteiger charge is -2.33. The molecule has 63 heavy (non-hydrogen) atoms. The minimum absolute atomic E-state index is 0.485. The lowest BCUT2D eigenvalue weighted by atomic mass is 9.70. The van der Waals surface area contributed by atoms with E-state index in [9.17, 15) is 0 Å². The van der Waals surface area contributed by atoms with Gasteiger partial charge < -0.3 is 4.90 Å². The van der Waals surface area contributed by atoms with Gasteiger partial charge in [0, 0.05) is 37.1 Å². The highest BCUT2D eigenvalue weighted by Gasteiger charge is 2.52. The van der Waals surface area contributed by atoms with Gasteiger partial charge in [0.15, 0.2) is 0 Å². The molecule has 1 heterocycles. The lowest BCUT2D eigenvalue weighted by molar-refractivity contribution is 0.794. The van der Waals surface area contributed by atoms with Gasteiger partial charge in [0.2, 0.25) is 0 Å². The predicted octanol–water partition coefficient (Wildman–Crippen LogP) is 17.0. The van der Waals surface area contributed by atoms with Crippen molar-refractivity contribution in [3.63, 3.8) is 0 Å². The Morgan fingerprint density at radius 1 is 0.286 bits per heavy atom. The highest BCUT2D eigenvalue weighted by atomic mass is 32.1. The average Bonchev–Trinajstić information content (AvgIpc) is 3.98. The molecule has 0 radical (unpaired) electrons. The van der Waals surface area contributed by atoms with Gasteiger partial charge in [-0.05, 0) is 137 Å². The fraction of sp³-hybridized carbons (Fsp3) is 0.0164. The molecule has 0 N–H and O–H groups in total. The fourth-order valence-electron chi connectivity index (χ4n) is 11.5. The second-order valence-electron chi connectivity index (χ2n) is 17.1. The van der Waals surface area contributed by atoms with Crippen LogP contribution in [0.1, 0.15) is 22.3 Å². The second kappa shape index (κ2) is 13.1. The Bertz CT molecular complexity index is 3790. The summed E-state index contributed by atoms with van der Waals surface area (Å²) >= 11 is 1.87. The number of fused-ring (bicyclic) bond motifs is 19. The van der Waals surface area contributed by atoms with Crippen LogP contribution in [0.3, 0.4) is 0 Å². The summed E-state index contributed by atoms with van der Waals surface area (Å²) in [5.41, 5.74) is 15.9. The van der Waals surface area contributed by atoms with Crippen LogP contribution in [0.2, 0.25) is 0 Å². The molecule has 0 atom stereocenters. The summed E-state index contributed by atoms with van der Waals surface area (Å²) in [5, 5.41) is 10.2. The first-order valence-corrected chi connectivity index (χ1v) is 22.7.